The summed E-state index contributed by atoms with van der Waals surface area (Å²) in [6, 6.07) is 11.9. The fourth-order valence-electron chi connectivity index (χ4n) is 5.27. The van der Waals surface area contributed by atoms with Gasteiger partial charge >= 0.3 is 0 Å². The quantitative estimate of drug-likeness (QED) is 0.369. The van der Waals surface area contributed by atoms with Gasteiger partial charge in [0, 0.05) is 56.2 Å². The van der Waals surface area contributed by atoms with Gasteiger partial charge in [0.15, 0.2) is 11.6 Å². The Morgan fingerprint density at radius 2 is 1.85 bits per heavy atom. The number of aromatic nitrogens is 3. The van der Waals surface area contributed by atoms with Gasteiger partial charge in [-0.1, -0.05) is 33.5 Å². The molecule has 0 aliphatic carbocycles. The molecule has 1 N–H and O–H groups in total. The SMILES string of the molecule is O=C(c1cc(Cc2n[nH]c(=O)c3ccccc23)cc2c1OCC2)N1CCN(c2ncc(C(F)(F)P)cc2F)CC1. The first-order valence-electron chi connectivity index (χ1n) is 12.8. The van der Waals surface area contributed by atoms with E-state index in [-0.39, 0.29) is 17.3 Å². The molecule has 1 saturated heterocycles. The van der Waals surface area contributed by atoms with Crippen molar-refractivity contribution in [2.45, 2.75) is 18.5 Å². The number of ether oxygens (including phenoxy) is 1. The molecule has 6 rings (SSSR count). The summed E-state index contributed by atoms with van der Waals surface area (Å²) in [5.74, 6) is -0.485. The molecule has 1 fully saturated rings. The molecular formula is C28H25F3N5O3P. The number of halogens is 3. The van der Waals surface area contributed by atoms with Crippen molar-refractivity contribution in [3.05, 3.63) is 92.8 Å². The fraction of sp³-hybridized carbons (Fsp3) is 0.286. The minimum absolute atomic E-state index is 0.0167. The molecule has 8 nitrogen and oxygen atoms in total. The van der Waals surface area contributed by atoms with E-state index in [1.54, 1.807) is 21.9 Å². The van der Waals surface area contributed by atoms with Crippen LogP contribution < -0.4 is 15.2 Å². The fourth-order valence-corrected chi connectivity index (χ4v) is 5.43. The predicted molar refractivity (Wildman–Crippen MR) is 147 cm³/mol. The molecule has 12 heteroatoms. The molecule has 0 saturated carbocycles. The number of pyridine rings is 1. The van der Waals surface area contributed by atoms with Crippen molar-refractivity contribution in [2.24, 2.45) is 0 Å². The monoisotopic (exact) mass is 567 g/mol. The summed E-state index contributed by atoms with van der Waals surface area (Å²) in [6.07, 6.45) is 2.05. The number of nitrogens with one attached hydrogen (secondary N) is 1. The van der Waals surface area contributed by atoms with Crippen molar-refractivity contribution in [2.75, 3.05) is 37.7 Å². The van der Waals surface area contributed by atoms with Crippen LogP contribution in [0.1, 0.15) is 32.7 Å². The number of carbonyl (C=O) groups excluding carboxylic acids is 1. The number of carbonyl (C=O) groups is 1. The van der Waals surface area contributed by atoms with Crippen LogP contribution in [0.3, 0.4) is 0 Å². The van der Waals surface area contributed by atoms with Gasteiger partial charge in [-0.25, -0.2) is 14.5 Å². The van der Waals surface area contributed by atoms with Gasteiger partial charge in [0.2, 0.25) is 0 Å². The van der Waals surface area contributed by atoms with Gasteiger partial charge in [0.1, 0.15) is 5.75 Å². The summed E-state index contributed by atoms with van der Waals surface area (Å²) < 4.78 is 47.5. The molecule has 1 amide bonds. The molecule has 0 radical (unpaired) electrons. The zero-order valence-electron chi connectivity index (χ0n) is 21.3. The van der Waals surface area contributed by atoms with Crippen molar-refractivity contribution in [1.29, 1.82) is 0 Å². The van der Waals surface area contributed by atoms with E-state index in [9.17, 15) is 22.8 Å². The summed E-state index contributed by atoms with van der Waals surface area (Å²) in [7, 11) is 1.37. The van der Waals surface area contributed by atoms with Crippen LogP contribution in [0, 0.1) is 5.82 Å². The minimum atomic E-state index is -3.27. The zero-order valence-corrected chi connectivity index (χ0v) is 22.4. The van der Waals surface area contributed by atoms with E-state index >= 15 is 0 Å². The highest BCUT2D eigenvalue weighted by molar-refractivity contribution is 7.17. The third-order valence-electron chi connectivity index (χ3n) is 7.29. The summed E-state index contributed by atoms with van der Waals surface area (Å²) in [4.78, 5) is 33.1. The van der Waals surface area contributed by atoms with E-state index in [2.05, 4.69) is 15.2 Å². The topological polar surface area (TPSA) is 91.4 Å². The zero-order chi connectivity index (χ0) is 28.0. The van der Waals surface area contributed by atoms with Gasteiger partial charge < -0.3 is 14.5 Å². The molecule has 2 aromatic carbocycles. The standard InChI is InChI=1S/C28H25F3N5O3P/c29-22-14-18(28(30,31)40)15-32-25(22)35-6-8-36(9-7-35)27(38)21-12-16(11-17-5-10-39-24(17)21)13-23-19-3-1-2-4-20(19)26(37)34-33-23/h1-4,11-12,14-15H,5-10,13,40H2,(H,34,37). The molecule has 4 heterocycles. The lowest BCUT2D eigenvalue weighted by molar-refractivity contribution is 0.0742. The number of nitrogens with zero attached hydrogens (tertiary/aromatic N) is 4. The molecule has 206 valence electrons. The van der Waals surface area contributed by atoms with Crippen molar-refractivity contribution in [3.63, 3.8) is 0 Å². The molecule has 2 aliphatic rings. The normalized spacial score (nSPS) is 15.3. The van der Waals surface area contributed by atoms with Gasteiger partial charge in [-0.05, 0) is 29.3 Å². The van der Waals surface area contributed by atoms with Crippen LogP contribution in [0.25, 0.3) is 10.8 Å². The van der Waals surface area contributed by atoms with Gasteiger partial charge in [0.05, 0.1) is 23.3 Å². The van der Waals surface area contributed by atoms with Gasteiger partial charge in [-0.2, -0.15) is 13.9 Å². The van der Waals surface area contributed by atoms with Crippen molar-refractivity contribution in [1.82, 2.24) is 20.1 Å². The number of rotatable bonds is 5. The minimum Gasteiger partial charge on any atom is -0.492 e. The van der Waals surface area contributed by atoms with Crippen molar-refractivity contribution < 1.29 is 22.7 Å². The molecule has 40 heavy (non-hydrogen) atoms. The summed E-state index contributed by atoms with van der Waals surface area (Å²) in [5.41, 5.74) is -1.10. The molecule has 1 unspecified atom stereocenters. The maximum atomic E-state index is 14.6. The summed E-state index contributed by atoms with van der Waals surface area (Å²) in [6.45, 7) is 1.66. The summed E-state index contributed by atoms with van der Waals surface area (Å²) >= 11 is 0. The molecule has 2 aliphatic heterocycles. The lowest BCUT2D eigenvalue weighted by atomic mass is 9.98. The third-order valence-corrected chi connectivity index (χ3v) is 7.63. The highest BCUT2D eigenvalue weighted by Gasteiger charge is 2.31. The van der Waals surface area contributed by atoms with E-state index in [0.717, 1.165) is 28.8 Å². The van der Waals surface area contributed by atoms with Crippen LogP contribution in [-0.4, -0.2) is 58.8 Å². The Morgan fingerprint density at radius 1 is 1.10 bits per heavy atom. The predicted octanol–water partition coefficient (Wildman–Crippen LogP) is 3.87. The van der Waals surface area contributed by atoms with Gasteiger partial charge in [0.25, 0.3) is 17.1 Å². The van der Waals surface area contributed by atoms with Crippen LogP contribution >= 0.6 is 9.24 Å². The average molecular weight is 568 g/mol. The number of hydrogen-bond donors (Lipinski definition) is 1. The molecule has 1 atom stereocenters. The maximum absolute atomic E-state index is 14.6. The first kappa shape index (κ1) is 26.3. The highest BCUT2D eigenvalue weighted by atomic mass is 31.0. The van der Waals surface area contributed by atoms with Crippen LogP contribution in [-0.2, 0) is 18.5 Å². The number of piperazine rings is 1. The Morgan fingerprint density at radius 3 is 2.58 bits per heavy atom. The maximum Gasteiger partial charge on any atom is 0.285 e. The second-order valence-electron chi connectivity index (χ2n) is 9.88. The lowest BCUT2D eigenvalue weighted by Gasteiger charge is -2.35. The molecule has 4 aromatic rings. The van der Waals surface area contributed by atoms with E-state index in [1.807, 2.05) is 24.3 Å². The van der Waals surface area contributed by atoms with Crippen molar-refractivity contribution in [3.8, 4) is 5.75 Å². The number of fused-ring (bicyclic) bond motifs is 2. The molecule has 0 bridgehead atoms. The second-order valence-corrected chi connectivity index (χ2v) is 10.6. The largest absolute Gasteiger partial charge is 0.492 e. The molecule has 0 spiro atoms. The molecular weight excluding hydrogens is 542 g/mol. The number of anilines is 1. The second kappa shape index (κ2) is 10.2. The Kier molecular flexibility index (Phi) is 6.70. The van der Waals surface area contributed by atoms with Crippen LogP contribution in [0.15, 0.2) is 53.5 Å². The van der Waals surface area contributed by atoms with Crippen LogP contribution in [0.5, 0.6) is 5.75 Å². The number of amides is 1. The van der Waals surface area contributed by atoms with E-state index in [0.29, 0.717) is 68.0 Å². The van der Waals surface area contributed by atoms with E-state index in [4.69, 9.17) is 4.74 Å². The Hall–Kier alpha value is -3.98. The van der Waals surface area contributed by atoms with Gasteiger partial charge in [-0.3, -0.25) is 9.59 Å². The van der Waals surface area contributed by atoms with Crippen molar-refractivity contribution >= 4 is 31.7 Å². The van der Waals surface area contributed by atoms with Crippen LogP contribution in [0.2, 0.25) is 0 Å². The highest BCUT2D eigenvalue weighted by Crippen LogP contribution is 2.36. The van der Waals surface area contributed by atoms with Crippen LogP contribution in [0.4, 0.5) is 19.0 Å². The Balaban J connectivity index is 1.22. The van der Waals surface area contributed by atoms with E-state index < -0.39 is 17.0 Å². The average Bonchev–Trinajstić information content (AvgIpc) is 3.42. The number of benzene rings is 2. The summed E-state index contributed by atoms with van der Waals surface area (Å²) in [5, 5.41) is 8.13. The smallest absolute Gasteiger partial charge is 0.285 e. The first-order valence-corrected chi connectivity index (χ1v) is 13.4. The third kappa shape index (κ3) is 4.90. The van der Waals surface area contributed by atoms with Gasteiger partial charge in [-0.15, -0.1) is 0 Å². The Labute approximate surface area is 229 Å². The lowest BCUT2D eigenvalue weighted by Crippen LogP contribution is -2.49. The number of aromatic amines is 1. The Bertz CT molecular complexity index is 1680. The number of hydrogen-bond acceptors (Lipinski definition) is 6. The molecule has 2 aromatic heterocycles. The number of alkyl halides is 2. The van der Waals surface area contributed by atoms with E-state index in [1.165, 1.54) is 9.24 Å². The number of H-pyrrole nitrogens is 1. The first-order chi connectivity index (χ1) is 19.2.